The number of thiazole rings is 1. The molecule has 1 fully saturated rings. The van der Waals surface area contributed by atoms with Crippen LogP contribution in [-0.2, 0) is 6.42 Å². The fourth-order valence-electron chi connectivity index (χ4n) is 3.01. The van der Waals surface area contributed by atoms with Crippen molar-refractivity contribution in [2.45, 2.75) is 26.2 Å². The van der Waals surface area contributed by atoms with Gasteiger partial charge in [0, 0.05) is 44.0 Å². The van der Waals surface area contributed by atoms with Gasteiger partial charge in [-0.3, -0.25) is 4.99 Å². The second-order valence-electron chi connectivity index (χ2n) is 6.68. The highest BCUT2D eigenvalue weighted by Crippen LogP contribution is 2.24. The quantitative estimate of drug-likeness (QED) is 0.215. The normalized spacial score (nSPS) is 13.8. The van der Waals surface area contributed by atoms with Gasteiger partial charge in [-0.05, 0) is 31.9 Å². The summed E-state index contributed by atoms with van der Waals surface area (Å²) in [7, 11) is 0. The number of guanidine groups is 1. The van der Waals surface area contributed by atoms with E-state index < -0.39 is 11.6 Å². The monoisotopic (exact) mass is 551 g/mol. The van der Waals surface area contributed by atoms with Crippen LogP contribution < -0.4 is 20.3 Å². The van der Waals surface area contributed by atoms with Crippen LogP contribution in [0.1, 0.15) is 25.5 Å². The molecule has 2 aromatic rings. The van der Waals surface area contributed by atoms with Crippen LogP contribution in [0.5, 0.6) is 5.75 Å². The molecule has 1 aromatic carbocycles. The molecule has 0 amide bonds. The zero-order valence-electron chi connectivity index (χ0n) is 17.0. The van der Waals surface area contributed by atoms with Crippen molar-refractivity contribution >= 4 is 46.4 Å². The SMILES string of the molecule is CCNC(=NCCc1csc(N2CCCC2)n1)NCCOc1ccc(F)cc1F.I. The summed E-state index contributed by atoms with van der Waals surface area (Å²) >= 11 is 1.70. The molecule has 2 N–H and O–H groups in total. The Kier molecular flexibility index (Phi) is 10.6. The Morgan fingerprint density at radius 2 is 2.07 bits per heavy atom. The van der Waals surface area contributed by atoms with E-state index in [0.29, 0.717) is 19.0 Å². The zero-order chi connectivity index (χ0) is 20.5. The molecule has 3 rings (SSSR count). The third kappa shape index (κ3) is 7.53. The molecule has 6 nitrogen and oxygen atoms in total. The van der Waals surface area contributed by atoms with Gasteiger partial charge in [-0.15, -0.1) is 35.3 Å². The number of anilines is 1. The van der Waals surface area contributed by atoms with Crippen LogP contribution in [0.4, 0.5) is 13.9 Å². The van der Waals surface area contributed by atoms with Crippen molar-refractivity contribution in [3.63, 3.8) is 0 Å². The van der Waals surface area contributed by atoms with Crippen LogP contribution in [0.3, 0.4) is 0 Å². The third-order valence-electron chi connectivity index (χ3n) is 4.44. The smallest absolute Gasteiger partial charge is 0.191 e. The highest BCUT2D eigenvalue weighted by molar-refractivity contribution is 14.0. The molecule has 0 aliphatic carbocycles. The number of hydrogen-bond donors (Lipinski definition) is 2. The molecule has 2 heterocycles. The topological polar surface area (TPSA) is 61.8 Å². The second-order valence-corrected chi connectivity index (χ2v) is 7.51. The first-order chi connectivity index (χ1) is 14.2. The van der Waals surface area contributed by atoms with Crippen LogP contribution in [0.15, 0.2) is 28.6 Å². The molecular formula is C20H28F2IN5OS. The summed E-state index contributed by atoms with van der Waals surface area (Å²) < 4.78 is 31.8. The van der Waals surface area contributed by atoms with E-state index in [2.05, 4.69) is 25.9 Å². The van der Waals surface area contributed by atoms with Crippen molar-refractivity contribution in [2.24, 2.45) is 4.99 Å². The van der Waals surface area contributed by atoms with Gasteiger partial charge in [0.15, 0.2) is 22.7 Å². The first-order valence-electron chi connectivity index (χ1n) is 9.95. The van der Waals surface area contributed by atoms with Gasteiger partial charge in [0.05, 0.1) is 12.2 Å². The Balaban J connectivity index is 0.00000320. The first kappa shape index (κ1) is 24.6. The van der Waals surface area contributed by atoms with Crippen LogP contribution in [0.2, 0.25) is 0 Å². The summed E-state index contributed by atoms with van der Waals surface area (Å²) in [6.45, 7) is 6.22. The third-order valence-corrected chi connectivity index (χ3v) is 5.39. The van der Waals surface area contributed by atoms with Gasteiger partial charge in [-0.1, -0.05) is 0 Å². The lowest BCUT2D eigenvalue weighted by atomic mass is 10.3. The van der Waals surface area contributed by atoms with E-state index in [-0.39, 0.29) is 36.3 Å². The Hall–Kier alpha value is -1.69. The van der Waals surface area contributed by atoms with E-state index in [0.717, 1.165) is 42.9 Å². The van der Waals surface area contributed by atoms with E-state index in [4.69, 9.17) is 9.72 Å². The Morgan fingerprint density at radius 3 is 2.80 bits per heavy atom. The molecule has 0 spiro atoms. The molecule has 30 heavy (non-hydrogen) atoms. The predicted molar refractivity (Wildman–Crippen MR) is 129 cm³/mol. The van der Waals surface area contributed by atoms with Gasteiger partial charge in [0.2, 0.25) is 0 Å². The number of nitrogens with zero attached hydrogens (tertiary/aromatic N) is 3. The molecule has 1 aromatic heterocycles. The van der Waals surface area contributed by atoms with Gasteiger partial charge >= 0.3 is 0 Å². The van der Waals surface area contributed by atoms with Crippen molar-refractivity contribution < 1.29 is 13.5 Å². The maximum atomic E-state index is 13.6. The second kappa shape index (κ2) is 12.9. The lowest BCUT2D eigenvalue weighted by Crippen LogP contribution is -2.39. The number of ether oxygens (including phenoxy) is 1. The molecule has 1 saturated heterocycles. The van der Waals surface area contributed by atoms with Crippen molar-refractivity contribution in [3.8, 4) is 5.75 Å². The lowest BCUT2D eigenvalue weighted by molar-refractivity contribution is 0.304. The molecule has 0 radical (unpaired) electrons. The minimum atomic E-state index is -0.706. The largest absolute Gasteiger partial charge is 0.489 e. The van der Waals surface area contributed by atoms with E-state index in [1.165, 1.54) is 25.0 Å². The van der Waals surface area contributed by atoms with Gasteiger partial charge in [-0.2, -0.15) is 0 Å². The van der Waals surface area contributed by atoms with Crippen LogP contribution >= 0.6 is 35.3 Å². The van der Waals surface area contributed by atoms with Gasteiger partial charge in [0.1, 0.15) is 12.4 Å². The zero-order valence-corrected chi connectivity index (χ0v) is 20.1. The van der Waals surface area contributed by atoms with Crippen molar-refractivity contribution in [2.75, 3.05) is 44.2 Å². The Morgan fingerprint density at radius 1 is 1.27 bits per heavy atom. The van der Waals surface area contributed by atoms with E-state index >= 15 is 0 Å². The van der Waals surface area contributed by atoms with Crippen LogP contribution in [0, 0.1) is 11.6 Å². The standard InChI is InChI=1S/C20H27F2N5OS.HI/c1-2-23-19(25-9-12-28-18-6-5-15(21)13-17(18)22)24-8-7-16-14-29-20(26-16)27-10-3-4-11-27;/h5-6,13-14H,2-4,7-12H2,1H3,(H2,23,24,25);1H. The molecular weight excluding hydrogens is 523 g/mol. The fraction of sp³-hybridized carbons (Fsp3) is 0.500. The first-order valence-corrected chi connectivity index (χ1v) is 10.8. The van der Waals surface area contributed by atoms with Crippen molar-refractivity contribution in [3.05, 3.63) is 40.9 Å². The van der Waals surface area contributed by atoms with Crippen LogP contribution in [-0.4, -0.2) is 50.3 Å². The molecule has 166 valence electrons. The summed E-state index contributed by atoms with van der Waals surface area (Å²) in [6.07, 6.45) is 3.26. The molecule has 0 saturated carbocycles. The average molecular weight is 551 g/mol. The summed E-state index contributed by atoms with van der Waals surface area (Å²) in [5.74, 6) is -0.623. The number of aliphatic imine (C=N–C) groups is 1. The van der Waals surface area contributed by atoms with E-state index in [1.54, 1.807) is 11.3 Å². The van der Waals surface area contributed by atoms with Crippen molar-refractivity contribution in [1.29, 1.82) is 0 Å². The van der Waals surface area contributed by atoms with Gasteiger partial charge < -0.3 is 20.3 Å². The Bertz CT molecular complexity index is 814. The minimum absolute atomic E-state index is 0. The highest BCUT2D eigenvalue weighted by atomic mass is 127. The molecule has 10 heteroatoms. The van der Waals surface area contributed by atoms with Gasteiger partial charge in [-0.25, -0.2) is 13.8 Å². The Labute approximate surface area is 197 Å². The number of aromatic nitrogens is 1. The molecule has 0 bridgehead atoms. The molecule has 0 atom stereocenters. The number of hydrogen-bond acceptors (Lipinski definition) is 5. The number of halogens is 3. The molecule has 1 aliphatic heterocycles. The molecule has 1 aliphatic rings. The summed E-state index contributed by atoms with van der Waals surface area (Å²) in [6, 6.07) is 3.26. The summed E-state index contributed by atoms with van der Waals surface area (Å²) in [5.41, 5.74) is 1.06. The minimum Gasteiger partial charge on any atom is -0.489 e. The average Bonchev–Trinajstić information content (AvgIpc) is 3.38. The van der Waals surface area contributed by atoms with Gasteiger partial charge in [0.25, 0.3) is 0 Å². The van der Waals surface area contributed by atoms with Crippen molar-refractivity contribution in [1.82, 2.24) is 15.6 Å². The maximum Gasteiger partial charge on any atom is 0.191 e. The fourth-order valence-corrected chi connectivity index (χ4v) is 3.93. The summed E-state index contributed by atoms with van der Waals surface area (Å²) in [5, 5.41) is 9.53. The predicted octanol–water partition coefficient (Wildman–Crippen LogP) is 3.82. The number of benzene rings is 1. The summed E-state index contributed by atoms with van der Waals surface area (Å²) in [4.78, 5) is 11.6. The maximum absolute atomic E-state index is 13.6. The van der Waals surface area contributed by atoms with E-state index in [9.17, 15) is 8.78 Å². The number of rotatable bonds is 9. The highest BCUT2D eigenvalue weighted by Gasteiger charge is 2.15. The van der Waals surface area contributed by atoms with Crippen LogP contribution in [0.25, 0.3) is 0 Å². The number of nitrogens with one attached hydrogen (secondary N) is 2. The molecule has 0 unspecified atom stereocenters. The van der Waals surface area contributed by atoms with E-state index in [1.807, 2.05) is 6.92 Å². The lowest BCUT2D eigenvalue weighted by Gasteiger charge is -2.12.